The predicted molar refractivity (Wildman–Crippen MR) is 75.9 cm³/mol. The molecule has 2 fully saturated rings. The Morgan fingerprint density at radius 1 is 1.19 bits per heavy atom. The lowest BCUT2D eigenvalue weighted by molar-refractivity contribution is -0.142. The van der Waals surface area contributed by atoms with Crippen LogP contribution in [0, 0.1) is 5.92 Å². The minimum Gasteiger partial charge on any atom is -0.481 e. The Hall–Kier alpha value is -1.14. The molecule has 21 heavy (non-hydrogen) atoms. The highest BCUT2D eigenvalue weighted by Gasteiger charge is 2.26. The second-order valence-electron chi connectivity index (χ2n) is 5.91. The molecule has 0 spiro atoms. The molecule has 1 aliphatic carbocycles. The number of amides is 1. The third-order valence-electron chi connectivity index (χ3n) is 4.24. The van der Waals surface area contributed by atoms with Gasteiger partial charge in [-0.05, 0) is 38.5 Å². The van der Waals surface area contributed by atoms with E-state index in [9.17, 15) is 9.59 Å². The van der Waals surface area contributed by atoms with E-state index in [2.05, 4.69) is 5.32 Å². The van der Waals surface area contributed by atoms with Crippen molar-refractivity contribution >= 4 is 11.9 Å². The number of hydrogen-bond acceptors (Lipinski definition) is 4. The van der Waals surface area contributed by atoms with E-state index in [1.54, 1.807) is 0 Å². The summed E-state index contributed by atoms with van der Waals surface area (Å²) in [7, 11) is 0. The molecule has 1 saturated carbocycles. The van der Waals surface area contributed by atoms with Gasteiger partial charge in [0.05, 0.1) is 25.2 Å². The molecule has 1 aliphatic heterocycles. The van der Waals surface area contributed by atoms with Gasteiger partial charge in [-0.15, -0.1) is 0 Å². The number of carboxylic acids is 1. The van der Waals surface area contributed by atoms with Crippen LogP contribution in [-0.2, 0) is 19.1 Å². The molecule has 120 valence electrons. The molecule has 6 heteroatoms. The van der Waals surface area contributed by atoms with Crippen molar-refractivity contribution in [3.63, 3.8) is 0 Å². The second-order valence-corrected chi connectivity index (χ2v) is 5.91. The first-order valence-electron chi connectivity index (χ1n) is 7.86. The summed E-state index contributed by atoms with van der Waals surface area (Å²) in [5.41, 5.74) is 0. The quantitative estimate of drug-likeness (QED) is 0.693. The van der Waals surface area contributed by atoms with Gasteiger partial charge in [-0.3, -0.25) is 9.59 Å². The molecule has 1 amide bonds. The maximum absolute atomic E-state index is 11.8. The SMILES string of the molecule is O=C(CCOCC1CCCO1)NC1CCC(C(=O)O)CC1. The number of aliphatic carboxylic acids is 1. The molecule has 2 N–H and O–H groups in total. The fourth-order valence-corrected chi connectivity index (χ4v) is 2.94. The van der Waals surface area contributed by atoms with Crippen molar-refractivity contribution in [2.45, 2.75) is 57.1 Å². The molecule has 0 aromatic heterocycles. The number of rotatable bonds is 7. The minimum atomic E-state index is -0.720. The topological polar surface area (TPSA) is 84.9 Å². The summed E-state index contributed by atoms with van der Waals surface area (Å²) in [6, 6.07) is 0.117. The second kappa shape index (κ2) is 8.34. The first-order valence-corrected chi connectivity index (χ1v) is 7.86. The van der Waals surface area contributed by atoms with Gasteiger partial charge in [-0.25, -0.2) is 0 Å². The van der Waals surface area contributed by atoms with Crippen LogP contribution < -0.4 is 5.32 Å². The van der Waals surface area contributed by atoms with E-state index in [1.165, 1.54) is 0 Å². The zero-order chi connectivity index (χ0) is 15.1. The summed E-state index contributed by atoms with van der Waals surface area (Å²) < 4.78 is 10.9. The van der Waals surface area contributed by atoms with Crippen LogP contribution in [0.3, 0.4) is 0 Å². The van der Waals surface area contributed by atoms with Crippen molar-refractivity contribution < 1.29 is 24.2 Å². The smallest absolute Gasteiger partial charge is 0.306 e. The highest BCUT2D eigenvalue weighted by atomic mass is 16.5. The van der Waals surface area contributed by atoms with E-state index in [-0.39, 0.29) is 24.0 Å². The zero-order valence-electron chi connectivity index (χ0n) is 12.4. The van der Waals surface area contributed by atoms with Crippen LogP contribution in [0.2, 0.25) is 0 Å². The lowest BCUT2D eigenvalue weighted by Crippen LogP contribution is -2.39. The van der Waals surface area contributed by atoms with Crippen molar-refractivity contribution in [1.29, 1.82) is 0 Å². The average Bonchev–Trinajstić information content (AvgIpc) is 2.97. The molecular formula is C15H25NO5. The molecule has 1 saturated heterocycles. The van der Waals surface area contributed by atoms with Crippen molar-refractivity contribution in [2.75, 3.05) is 19.8 Å². The Morgan fingerprint density at radius 3 is 2.57 bits per heavy atom. The molecule has 6 nitrogen and oxygen atoms in total. The molecule has 1 atom stereocenters. The van der Waals surface area contributed by atoms with E-state index in [4.69, 9.17) is 14.6 Å². The number of carbonyl (C=O) groups is 2. The summed E-state index contributed by atoms with van der Waals surface area (Å²) in [5, 5.41) is 11.9. The van der Waals surface area contributed by atoms with Crippen LogP contribution in [0.4, 0.5) is 0 Å². The number of carbonyl (C=O) groups excluding carboxylic acids is 1. The van der Waals surface area contributed by atoms with Crippen LogP contribution in [-0.4, -0.2) is 48.9 Å². The maximum Gasteiger partial charge on any atom is 0.306 e. The average molecular weight is 299 g/mol. The van der Waals surface area contributed by atoms with E-state index in [0.717, 1.165) is 32.3 Å². The van der Waals surface area contributed by atoms with Gasteiger partial charge in [-0.2, -0.15) is 0 Å². The standard InChI is InChI=1S/C15H25NO5/c17-14(7-9-20-10-13-2-1-8-21-13)16-12-5-3-11(4-6-12)15(18)19/h11-13H,1-10H2,(H,16,17)(H,18,19). The minimum absolute atomic E-state index is 0.0129. The van der Waals surface area contributed by atoms with Crippen molar-refractivity contribution in [2.24, 2.45) is 5.92 Å². The summed E-state index contributed by atoms with van der Waals surface area (Å²) >= 11 is 0. The summed E-state index contributed by atoms with van der Waals surface area (Å²) in [5.74, 6) is -0.976. The molecule has 1 unspecified atom stereocenters. The number of nitrogens with one attached hydrogen (secondary N) is 1. The maximum atomic E-state index is 11.8. The fourth-order valence-electron chi connectivity index (χ4n) is 2.94. The summed E-state index contributed by atoms with van der Waals surface area (Å²) in [4.78, 5) is 22.6. The lowest BCUT2D eigenvalue weighted by Gasteiger charge is -2.26. The molecule has 0 aromatic rings. The molecule has 2 aliphatic rings. The van der Waals surface area contributed by atoms with Gasteiger partial charge < -0.3 is 19.9 Å². The van der Waals surface area contributed by atoms with Gasteiger partial charge in [0, 0.05) is 19.1 Å². The van der Waals surface area contributed by atoms with Gasteiger partial charge in [-0.1, -0.05) is 0 Å². The van der Waals surface area contributed by atoms with Crippen LogP contribution in [0.15, 0.2) is 0 Å². The third-order valence-corrected chi connectivity index (χ3v) is 4.24. The van der Waals surface area contributed by atoms with E-state index < -0.39 is 5.97 Å². The number of hydrogen-bond donors (Lipinski definition) is 2. The molecule has 0 bridgehead atoms. The molecule has 0 aromatic carbocycles. The Labute approximate surface area is 125 Å². The Kier molecular flexibility index (Phi) is 6.45. The number of carboxylic acid groups (broad SMARTS) is 1. The largest absolute Gasteiger partial charge is 0.481 e. The summed E-state index contributed by atoms with van der Waals surface area (Å²) in [6.45, 7) is 1.79. The van der Waals surface area contributed by atoms with E-state index in [1.807, 2.05) is 0 Å². The highest BCUT2D eigenvalue weighted by molar-refractivity contribution is 5.76. The fraction of sp³-hybridized carbons (Fsp3) is 0.867. The van der Waals surface area contributed by atoms with Crippen molar-refractivity contribution in [1.82, 2.24) is 5.32 Å². The lowest BCUT2D eigenvalue weighted by atomic mass is 9.86. The monoisotopic (exact) mass is 299 g/mol. The van der Waals surface area contributed by atoms with E-state index in [0.29, 0.717) is 32.5 Å². The van der Waals surface area contributed by atoms with Gasteiger partial charge >= 0.3 is 5.97 Å². The van der Waals surface area contributed by atoms with Gasteiger partial charge in [0.1, 0.15) is 0 Å². The third kappa shape index (κ3) is 5.63. The Balaban J connectivity index is 1.52. The number of ether oxygens (including phenoxy) is 2. The zero-order valence-corrected chi connectivity index (χ0v) is 12.4. The van der Waals surface area contributed by atoms with E-state index >= 15 is 0 Å². The summed E-state index contributed by atoms with van der Waals surface area (Å²) in [6.07, 6.45) is 5.47. The van der Waals surface area contributed by atoms with Crippen molar-refractivity contribution in [3.05, 3.63) is 0 Å². The first kappa shape index (κ1) is 16.2. The molecule has 2 rings (SSSR count). The van der Waals surface area contributed by atoms with Gasteiger partial charge in [0.2, 0.25) is 5.91 Å². The van der Waals surface area contributed by atoms with Gasteiger partial charge in [0.15, 0.2) is 0 Å². The first-order chi connectivity index (χ1) is 10.1. The molecule has 0 radical (unpaired) electrons. The van der Waals surface area contributed by atoms with Gasteiger partial charge in [0.25, 0.3) is 0 Å². The van der Waals surface area contributed by atoms with Crippen LogP contribution in [0.5, 0.6) is 0 Å². The van der Waals surface area contributed by atoms with Crippen molar-refractivity contribution in [3.8, 4) is 0 Å². The highest BCUT2D eigenvalue weighted by Crippen LogP contribution is 2.24. The Morgan fingerprint density at radius 2 is 1.95 bits per heavy atom. The predicted octanol–water partition coefficient (Wildman–Crippen LogP) is 1.33. The molecule has 1 heterocycles. The molecular weight excluding hydrogens is 274 g/mol. The van der Waals surface area contributed by atoms with Crippen LogP contribution in [0.25, 0.3) is 0 Å². The van der Waals surface area contributed by atoms with Crippen LogP contribution >= 0.6 is 0 Å². The van der Waals surface area contributed by atoms with Crippen LogP contribution in [0.1, 0.15) is 44.9 Å². The Bertz CT molecular complexity index is 346. The normalized spacial score (nSPS) is 29.2.